The van der Waals surface area contributed by atoms with Crippen LogP contribution in [-0.2, 0) is 0 Å². The van der Waals surface area contributed by atoms with Crippen molar-refractivity contribution in [3.8, 4) is 0 Å². The summed E-state index contributed by atoms with van der Waals surface area (Å²) in [4.78, 5) is 0. The molecule has 0 nitrogen and oxygen atoms in total. The molecule has 0 aromatic heterocycles. The van der Waals surface area contributed by atoms with Gasteiger partial charge in [0.05, 0.1) is 0 Å². The Labute approximate surface area is 46.4 Å². The predicted molar refractivity (Wildman–Crippen MR) is 25.5 cm³/mol. The molecule has 0 aliphatic carbocycles. The van der Waals surface area contributed by atoms with Gasteiger partial charge < -0.3 is 0 Å². The van der Waals surface area contributed by atoms with Crippen LogP contribution in [0.3, 0.4) is 0 Å². The lowest BCUT2D eigenvalue weighted by atomic mass is 10.2. The zero-order valence-electron chi connectivity index (χ0n) is 4.21. The largest absolute Gasteiger partial charge is 0.232 e. The molecule has 0 N–H and O–H groups in total. The Kier molecular flexibility index (Phi) is 1.70. The van der Waals surface area contributed by atoms with E-state index in [0.29, 0.717) is 3.54 Å². The molecule has 0 fully saturated rings. The van der Waals surface area contributed by atoms with E-state index in [4.69, 9.17) is 0 Å². The van der Waals surface area contributed by atoms with Crippen molar-refractivity contribution in [2.24, 2.45) is 0 Å². The van der Waals surface area contributed by atoms with Crippen LogP contribution in [0.1, 0.15) is 20.8 Å². The Morgan fingerprint density at radius 3 is 1.20 bits per heavy atom. The molecule has 0 amide bonds. The van der Waals surface area contributed by atoms with E-state index < -0.39 is 0 Å². The van der Waals surface area contributed by atoms with Crippen LogP contribution in [0, 0.1) is 0 Å². The number of hydrogen-bond donors (Lipinski definition) is 0. The molecule has 0 heterocycles. The summed E-state index contributed by atoms with van der Waals surface area (Å²) >= 11 is 2.01. The van der Waals surface area contributed by atoms with Crippen LogP contribution < -0.4 is 0 Å². The van der Waals surface area contributed by atoms with Crippen LogP contribution in [0.2, 0.25) is 3.54 Å². The maximum atomic E-state index is 2.20. The van der Waals surface area contributed by atoms with Gasteiger partial charge in [-0.15, -0.1) is 0 Å². The topological polar surface area (TPSA) is 0 Å². The summed E-state index contributed by atoms with van der Waals surface area (Å²) in [7, 11) is 0. The Morgan fingerprint density at radius 1 is 1.20 bits per heavy atom. The number of rotatable bonds is 0. The van der Waals surface area contributed by atoms with Crippen molar-refractivity contribution >= 4 is 21.7 Å². The molecule has 5 heavy (non-hydrogen) atoms. The molecule has 1 radical (unpaired) electrons. The van der Waals surface area contributed by atoms with Crippen molar-refractivity contribution in [1.82, 2.24) is 0 Å². The molecule has 0 aromatic carbocycles. The summed E-state index contributed by atoms with van der Waals surface area (Å²) in [5.41, 5.74) is 0. The predicted octanol–water partition coefficient (Wildman–Crippen LogP) is 1.37. The van der Waals surface area contributed by atoms with Crippen molar-refractivity contribution in [1.29, 1.82) is 0 Å². The lowest BCUT2D eigenvalue weighted by molar-refractivity contribution is 0.767. The molecular weight excluding hydrogens is 72.3 g/mol. The first-order chi connectivity index (χ1) is 2.00. The lowest BCUT2D eigenvalue weighted by Crippen LogP contribution is -1.90. The Morgan fingerprint density at radius 2 is 1.20 bits per heavy atom. The zero-order chi connectivity index (χ0) is 4.50. The maximum absolute atomic E-state index is 2.20. The molecule has 0 aromatic rings. The molecule has 0 atom stereocenters. The average Bonchev–Trinajstić information content (AvgIpc) is 0.722. The second-order valence-electron chi connectivity index (χ2n) is 2.56. The fourth-order valence-corrected chi connectivity index (χ4v) is 0. The van der Waals surface area contributed by atoms with E-state index in [-0.39, 0.29) is 0 Å². The van der Waals surface area contributed by atoms with E-state index in [1.165, 1.54) is 0 Å². The van der Waals surface area contributed by atoms with Crippen LogP contribution in [0.4, 0.5) is 0 Å². The highest BCUT2D eigenvalue weighted by molar-refractivity contribution is 6.14. The van der Waals surface area contributed by atoms with Gasteiger partial charge in [0.1, 0.15) is 0 Å². The van der Waals surface area contributed by atoms with Crippen LogP contribution >= 0.6 is 0 Å². The monoisotopic (exact) mass is 81.1 g/mol. The van der Waals surface area contributed by atoms with E-state index in [2.05, 4.69) is 20.8 Å². The van der Waals surface area contributed by atoms with Crippen molar-refractivity contribution in [2.45, 2.75) is 24.3 Å². The summed E-state index contributed by atoms with van der Waals surface area (Å²) in [6.45, 7) is 6.60. The van der Waals surface area contributed by atoms with Crippen molar-refractivity contribution < 1.29 is 0 Å². The summed E-state index contributed by atoms with van der Waals surface area (Å²) in [5, 5.41) is 0. The van der Waals surface area contributed by atoms with Crippen LogP contribution in [0.5, 0.6) is 0 Å². The molecule has 27 valence electrons. The number of hydrogen-bond acceptors (Lipinski definition) is 0. The highest BCUT2D eigenvalue weighted by atomic mass is 24.4. The first-order valence-electron chi connectivity index (χ1n) is 1.85. The molecule has 0 unspecified atom stereocenters. The highest BCUT2D eigenvalue weighted by Gasteiger charge is 1.92. The van der Waals surface area contributed by atoms with E-state index in [9.17, 15) is 0 Å². The standard InChI is InChI=1S/C4H9.Mg/c1-4(2)3;/h1-3H3;. The maximum Gasteiger partial charge on any atom is 0.232 e. The second kappa shape index (κ2) is 1.48. The van der Waals surface area contributed by atoms with Gasteiger partial charge in [0.15, 0.2) is 0 Å². The Hall–Kier alpha value is 0.766. The van der Waals surface area contributed by atoms with Gasteiger partial charge in [0.2, 0.25) is 21.7 Å². The quantitative estimate of drug-likeness (QED) is 0.386. The summed E-state index contributed by atoms with van der Waals surface area (Å²) in [6.07, 6.45) is 0. The van der Waals surface area contributed by atoms with Gasteiger partial charge in [-0.05, 0) is 0 Å². The average molecular weight is 81.4 g/mol. The van der Waals surface area contributed by atoms with Crippen LogP contribution in [0.15, 0.2) is 0 Å². The van der Waals surface area contributed by atoms with Gasteiger partial charge in [-0.3, -0.25) is 0 Å². The summed E-state index contributed by atoms with van der Waals surface area (Å²) in [6, 6.07) is 0. The SMILES string of the molecule is C[C](C)(C)[Mg]. The fourth-order valence-electron chi connectivity index (χ4n) is 0. The minimum Gasteiger partial charge on any atom is -0.164 e. The van der Waals surface area contributed by atoms with Gasteiger partial charge >= 0.3 is 0 Å². The fraction of sp³-hybridized carbons (Fsp3) is 1.00. The molecule has 0 rings (SSSR count). The van der Waals surface area contributed by atoms with Crippen LogP contribution in [0.25, 0.3) is 0 Å². The lowest BCUT2D eigenvalue weighted by Gasteiger charge is -2.09. The van der Waals surface area contributed by atoms with Gasteiger partial charge in [0, 0.05) is 0 Å². The second-order valence-corrected chi connectivity index (χ2v) is 4.68. The first kappa shape index (κ1) is 5.77. The highest BCUT2D eigenvalue weighted by Crippen LogP contribution is 2.13. The molecule has 1 heteroatoms. The van der Waals surface area contributed by atoms with Gasteiger partial charge in [-0.1, -0.05) is 20.8 Å². The summed E-state index contributed by atoms with van der Waals surface area (Å²) < 4.78 is 0.528. The molecule has 0 bridgehead atoms. The third-order valence-corrected chi connectivity index (χ3v) is 0. The minimum atomic E-state index is 0.528. The zero-order valence-corrected chi connectivity index (χ0v) is 5.62. The smallest absolute Gasteiger partial charge is 0.164 e. The molecule has 0 spiro atoms. The third-order valence-electron chi connectivity index (χ3n) is 0. The molecular formula is C4H9Mg. The van der Waals surface area contributed by atoms with E-state index in [1.807, 2.05) is 21.7 Å². The third kappa shape index (κ3) is 62.1. The van der Waals surface area contributed by atoms with Crippen molar-refractivity contribution in [3.63, 3.8) is 0 Å². The molecule has 0 aliphatic rings. The molecule has 0 saturated carbocycles. The van der Waals surface area contributed by atoms with Crippen LogP contribution in [-0.4, -0.2) is 21.7 Å². The van der Waals surface area contributed by atoms with Crippen molar-refractivity contribution in [2.75, 3.05) is 0 Å². The van der Waals surface area contributed by atoms with Crippen molar-refractivity contribution in [3.05, 3.63) is 0 Å². The molecule has 0 saturated heterocycles. The normalized spacial score (nSPS) is 11.6. The Bertz CT molecular complexity index is 19.1. The molecule has 0 aliphatic heterocycles. The van der Waals surface area contributed by atoms with Gasteiger partial charge in [-0.25, -0.2) is 0 Å². The van der Waals surface area contributed by atoms with E-state index >= 15 is 0 Å². The van der Waals surface area contributed by atoms with E-state index in [1.54, 1.807) is 0 Å². The first-order valence-corrected chi connectivity index (χ1v) is 2.56. The van der Waals surface area contributed by atoms with Gasteiger partial charge in [0.25, 0.3) is 0 Å². The summed E-state index contributed by atoms with van der Waals surface area (Å²) in [5.74, 6) is 0. The van der Waals surface area contributed by atoms with Gasteiger partial charge in [-0.2, -0.15) is 3.54 Å². The van der Waals surface area contributed by atoms with E-state index in [0.717, 1.165) is 0 Å². The minimum absolute atomic E-state index is 0.528. The Balaban J connectivity index is 3.02.